The van der Waals surface area contributed by atoms with E-state index < -0.39 is 16.0 Å². The number of nitrogens with zero attached hydrogens (tertiary/aromatic N) is 2. The maximum absolute atomic E-state index is 13.0. The molecule has 1 aliphatic carbocycles. The van der Waals surface area contributed by atoms with Crippen LogP contribution in [-0.2, 0) is 22.9 Å². The lowest BCUT2D eigenvalue weighted by atomic mass is 10.1. The Bertz CT molecular complexity index is 722. The molecular weight excluding hydrogens is 316 g/mol. The summed E-state index contributed by atoms with van der Waals surface area (Å²) in [6.45, 7) is 5.34. The molecule has 6 nitrogen and oxygen atoms in total. The first kappa shape index (κ1) is 16.4. The number of benzene rings is 1. The van der Waals surface area contributed by atoms with E-state index in [1.165, 1.54) is 10.4 Å². The summed E-state index contributed by atoms with van der Waals surface area (Å²) in [4.78, 5) is 13.7. The number of carboxylic acids is 1. The van der Waals surface area contributed by atoms with Gasteiger partial charge in [-0.1, -0.05) is 6.92 Å². The van der Waals surface area contributed by atoms with Gasteiger partial charge in [0.25, 0.3) is 0 Å². The minimum atomic E-state index is -3.63. The molecule has 1 fully saturated rings. The third-order valence-electron chi connectivity index (χ3n) is 4.82. The molecule has 1 aromatic rings. The fourth-order valence-corrected chi connectivity index (χ4v) is 5.19. The third kappa shape index (κ3) is 3.00. The topological polar surface area (TPSA) is 77.9 Å². The highest BCUT2D eigenvalue weighted by Crippen LogP contribution is 2.32. The summed E-state index contributed by atoms with van der Waals surface area (Å²) in [5.41, 5.74) is 1.75. The van der Waals surface area contributed by atoms with Crippen molar-refractivity contribution in [2.45, 2.75) is 31.1 Å². The van der Waals surface area contributed by atoms with Gasteiger partial charge in [-0.25, -0.2) is 13.2 Å². The zero-order chi connectivity index (χ0) is 16.6. The van der Waals surface area contributed by atoms with Gasteiger partial charge in [-0.05, 0) is 49.1 Å². The molecule has 0 atom stereocenters. The molecule has 1 aliphatic heterocycles. The number of fused-ring (bicyclic) bond motifs is 1. The minimum absolute atomic E-state index is 0.0661. The third-order valence-corrected chi connectivity index (χ3v) is 6.78. The number of aromatic carboxylic acids is 1. The molecule has 1 N–H and O–H groups in total. The second kappa shape index (κ2) is 6.22. The fraction of sp³-hybridized carbons (Fsp3) is 0.562. The molecule has 0 bridgehead atoms. The van der Waals surface area contributed by atoms with Crippen LogP contribution >= 0.6 is 0 Å². The highest BCUT2D eigenvalue weighted by Gasteiger charge is 2.32. The number of hydrogen-bond acceptors (Lipinski definition) is 4. The molecule has 0 aromatic heterocycles. The van der Waals surface area contributed by atoms with Gasteiger partial charge in [0.2, 0.25) is 10.0 Å². The van der Waals surface area contributed by atoms with Crippen LogP contribution in [0.15, 0.2) is 17.0 Å². The molecule has 23 heavy (non-hydrogen) atoms. The normalized spacial score (nSPS) is 19.7. The van der Waals surface area contributed by atoms with E-state index in [4.69, 9.17) is 0 Å². The van der Waals surface area contributed by atoms with Crippen molar-refractivity contribution in [3.8, 4) is 0 Å². The van der Waals surface area contributed by atoms with Crippen LogP contribution in [0.3, 0.4) is 0 Å². The Hall–Kier alpha value is -1.44. The van der Waals surface area contributed by atoms with Crippen molar-refractivity contribution in [2.24, 2.45) is 0 Å². The van der Waals surface area contributed by atoms with Crippen LogP contribution in [-0.4, -0.2) is 61.4 Å². The summed E-state index contributed by atoms with van der Waals surface area (Å²) < 4.78 is 27.6. The Balaban J connectivity index is 1.98. The van der Waals surface area contributed by atoms with Gasteiger partial charge in [0.05, 0.1) is 10.5 Å². The molecule has 0 spiro atoms. The minimum Gasteiger partial charge on any atom is -0.478 e. The van der Waals surface area contributed by atoms with Gasteiger partial charge in [-0.3, -0.25) is 0 Å². The average molecular weight is 338 g/mol. The number of likely N-dealkylation sites (N-methyl/N-ethyl adjacent to an activating group) is 1. The van der Waals surface area contributed by atoms with Crippen LogP contribution in [0.4, 0.5) is 0 Å². The van der Waals surface area contributed by atoms with Crippen LogP contribution < -0.4 is 0 Å². The number of sulfonamides is 1. The zero-order valence-electron chi connectivity index (χ0n) is 13.3. The Morgan fingerprint density at radius 2 is 1.87 bits per heavy atom. The van der Waals surface area contributed by atoms with Crippen molar-refractivity contribution in [1.82, 2.24) is 9.21 Å². The Kier molecular flexibility index (Phi) is 4.44. The van der Waals surface area contributed by atoms with Crippen LogP contribution in [0.2, 0.25) is 0 Å². The Labute approximate surface area is 136 Å². The SMILES string of the molecule is CCN1CCN(S(=O)(=O)c2cc(C(=O)O)cc3c2CCC3)CC1. The van der Waals surface area contributed by atoms with Crippen molar-refractivity contribution in [2.75, 3.05) is 32.7 Å². The van der Waals surface area contributed by atoms with Crippen molar-refractivity contribution in [3.63, 3.8) is 0 Å². The van der Waals surface area contributed by atoms with E-state index in [0.717, 1.165) is 43.6 Å². The molecule has 1 aromatic carbocycles. The summed E-state index contributed by atoms with van der Waals surface area (Å²) in [6.07, 6.45) is 2.34. The average Bonchev–Trinajstić information content (AvgIpc) is 3.02. The largest absolute Gasteiger partial charge is 0.478 e. The van der Waals surface area contributed by atoms with Crippen molar-refractivity contribution < 1.29 is 18.3 Å². The number of rotatable bonds is 4. The van der Waals surface area contributed by atoms with Gasteiger partial charge in [0.1, 0.15) is 0 Å². The van der Waals surface area contributed by atoms with Crippen LogP contribution in [0.5, 0.6) is 0 Å². The maximum Gasteiger partial charge on any atom is 0.335 e. The standard InChI is InChI=1S/C16H22N2O4S/c1-2-17-6-8-18(9-7-17)23(21,22)15-11-13(16(19)20)10-12-4-3-5-14(12)15/h10-11H,2-9H2,1H3,(H,19,20). The summed E-state index contributed by atoms with van der Waals surface area (Å²) in [5, 5.41) is 9.27. The zero-order valence-corrected chi connectivity index (χ0v) is 14.1. The highest BCUT2D eigenvalue weighted by molar-refractivity contribution is 7.89. The molecule has 1 heterocycles. The molecule has 7 heteroatoms. The first-order valence-corrected chi connectivity index (χ1v) is 9.49. The Morgan fingerprint density at radius 3 is 2.48 bits per heavy atom. The fourth-order valence-electron chi connectivity index (χ4n) is 3.44. The van der Waals surface area contributed by atoms with E-state index in [-0.39, 0.29) is 10.5 Å². The van der Waals surface area contributed by atoms with Gasteiger partial charge in [-0.2, -0.15) is 4.31 Å². The molecule has 0 unspecified atom stereocenters. The van der Waals surface area contributed by atoms with Crippen molar-refractivity contribution in [1.29, 1.82) is 0 Å². The van der Waals surface area contributed by atoms with Crippen LogP contribution in [0.25, 0.3) is 0 Å². The molecule has 0 saturated carbocycles. The van der Waals surface area contributed by atoms with Gasteiger partial charge in [0.15, 0.2) is 0 Å². The van der Waals surface area contributed by atoms with Gasteiger partial charge in [-0.15, -0.1) is 0 Å². The first-order chi connectivity index (χ1) is 10.9. The van der Waals surface area contributed by atoms with E-state index >= 15 is 0 Å². The summed E-state index contributed by atoms with van der Waals surface area (Å²) in [7, 11) is -3.63. The number of carbonyl (C=O) groups is 1. The summed E-state index contributed by atoms with van der Waals surface area (Å²) in [6, 6.07) is 2.97. The summed E-state index contributed by atoms with van der Waals surface area (Å²) in [5.74, 6) is -1.08. The van der Waals surface area contributed by atoms with E-state index in [0.29, 0.717) is 19.5 Å². The lowest BCUT2D eigenvalue weighted by Crippen LogP contribution is -2.48. The van der Waals surface area contributed by atoms with Crippen LogP contribution in [0, 0.1) is 0 Å². The number of piperazine rings is 1. The smallest absolute Gasteiger partial charge is 0.335 e. The molecule has 0 radical (unpaired) electrons. The van der Waals surface area contributed by atoms with E-state index in [2.05, 4.69) is 11.8 Å². The molecule has 3 rings (SSSR count). The van der Waals surface area contributed by atoms with Gasteiger partial charge >= 0.3 is 5.97 Å². The predicted molar refractivity (Wildman–Crippen MR) is 86.3 cm³/mol. The van der Waals surface area contributed by atoms with E-state index in [1.54, 1.807) is 6.07 Å². The molecule has 126 valence electrons. The second-order valence-corrected chi connectivity index (χ2v) is 8.02. The van der Waals surface area contributed by atoms with Crippen molar-refractivity contribution in [3.05, 3.63) is 28.8 Å². The van der Waals surface area contributed by atoms with Crippen molar-refractivity contribution >= 4 is 16.0 Å². The monoisotopic (exact) mass is 338 g/mol. The molecule has 1 saturated heterocycles. The first-order valence-electron chi connectivity index (χ1n) is 8.05. The second-order valence-electron chi connectivity index (χ2n) is 6.11. The number of carboxylic acid groups (broad SMARTS) is 1. The predicted octanol–water partition coefficient (Wildman–Crippen LogP) is 1.20. The van der Waals surface area contributed by atoms with Gasteiger partial charge < -0.3 is 10.0 Å². The van der Waals surface area contributed by atoms with E-state index in [9.17, 15) is 18.3 Å². The lowest BCUT2D eigenvalue weighted by molar-refractivity contribution is 0.0696. The van der Waals surface area contributed by atoms with Gasteiger partial charge in [0, 0.05) is 26.2 Å². The van der Waals surface area contributed by atoms with E-state index in [1.807, 2.05) is 0 Å². The molecule has 2 aliphatic rings. The molecular formula is C16H22N2O4S. The Morgan fingerprint density at radius 1 is 1.17 bits per heavy atom. The molecule has 0 amide bonds. The summed E-state index contributed by atoms with van der Waals surface area (Å²) >= 11 is 0. The van der Waals surface area contributed by atoms with Crippen LogP contribution in [0.1, 0.15) is 34.8 Å². The number of hydrogen-bond donors (Lipinski definition) is 1. The maximum atomic E-state index is 13.0. The number of aryl methyl sites for hydroxylation is 1. The quantitative estimate of drug-likeness (QED) is 0.892. The lowest BCUT2D eigenvalue weighted by Gasteiger charge is -2.33. The highest BCUT2D eigenvalue weighted by atomic mass is 32.2.